The first-order valence-electron chi connectivity index (χ1n) is 9.09. The third-order valence-corrected chi connectivity index (χ3v) is 7.03. The average molecular weight is 378 g/mol. The molecule has 1 saturated heterocycles. The highest BCUT2D eigenvalue weighted by Crippen LogP contribution is 2.56. The van der Waals surface area contributed by atoms with Crippen LogP contribution in [0.25, 0.3) is 0 Å². The van der Waals surface area contributed by atoms with Crippen LogP contribution in [0.5, 0.6) is 0 Å². The zero-order chi connectivity index (χ0) is 18.9. The summed E-state index contributed by atoms with van der Waals surface area (Å²) in [5, 5.41) is 0.000891. The Balaban J connectivity index is 1.75. The van der Waals surface area contributed by atoms with Crippen molar-refractivity contribution in [1.29, 1.82) is 0 Å². The topological polar surface area (TPSA) is 54.9 Å². The predicted octanol–water partition coefficient (Wildman–Crippen LogP) is 3.56. The van der Waals surface area contributed by atoms with Gasteiger partial charge in [0.05, 0.1) is 5.37 Å². The van der Waals surface area contributed by atoms with Crippen LogP contribution in [0.2, 0.25) is 0 Å². The van der Waals surface area contributed by atoms with Gasteiger partial charge >= 0.3 is 5.69 Å². The third-order valence-electron chi connectivity index (χ3n) is 5.25. The normalized spacial score (nSPS) is 18.0. The van der Waals surface area contributed by atoms with Crippen molar-refractivity contribution in [3.05, 3.63) is 104 Å². The van der Waals surface area contributed by atoms with Crippen molar-refractivity contribution < 1.29 is 0 Å². The van der Waals surface area contributed by atoms with E-state index in [4.69, 9.17) is 0 Å². The summed E-state index contributed by atoms with van der Waals surface area (Å²) in [6.45, 7) is 1.74. The second-order valence-electron chi connectivity index (χ2n) is 7.33. The molecule has 0 radical (unpaired) electrons. The van der Waals surface area contributed by atoms with E-state index < -0.39 is 0 Å². The molecule has 4 nitrogen and oxygen atoms in total. The summed E-state index contributed by atoms with van der Waals surface area (Å²) in [6.07, 6.45) is 3.50. The maximum Gasteiger partial charge on any atom is 0.329 e. The number of nitrogens with one attached hydrogen (secondary N) is 1. The number of hydrogen-bond donors (Lipinski definition) is 1. The molecule has 0 spiro atoms. The predicted molar refractivity (Wildman–Crippen MR) is 110 cm³/mol. The van der Waals surface area contributed by atoms with E-state index >= 15 is 0 Å². The molecule has 5 heteroatoms. The molecule has 0 saturated carbocycles. The highest BCUT2D eigenvalue weighted by Gasteiger charge is 2.49. The van der Waals surface area contributed by atoms with E-state index in [9.17, 15) is 9.59 Å². The monoisotopic (exact) mass is 378 g/mol. The number of nitrogens with zero attached hydrogens (tertiary/aromatic N) is 1. The lowest BCUT2D eigenvalue weighted by atomic mass is 9.76. The minimum atomic E-state index is -0.326. The van der Waals surface area contributed by atoms with Gasteiger partial charge in [0.2, 0.25) is 0 Å². The molecule has 0 amide bonds. The summed E-state index contributed by atoms with van der Waals surface area (Å²) in [6, 6.07) is 20.9. The van der Waals surface area contributed by atoms with Crippen LogP contribution in [0.4, 0.5) is 0 Å². The molecular weight excluding hydrogens is 356 g/mol. The zero-order valence-corrected chi connectivity index (χ0v) is 16.0. The molecule has 2 aromatic carbocycles. The Bertz CT molecular complexity index is 1000. The molecule has 138 valence electrons. The fourth-order valence-corrected chi connectivity index (χ4v) is 5.35. The van der Waals surface area contributed by atoms with Gasteiger partial charge < -0.3 is 0 Å². The smallest absolute Gasteiger partial charge is 0.287 e. The van der Waals surface area contributed by atoms with Gasteiger partial charge in [0.15, 0.2) is 0 Å². The zero-order valence-electron chi connectivity index (χ0n) is 15.2. The van der Waals surface area contributed by atoms with Crippen LogP contribution in [0, 0.1) is 12.3 Å². The van der Waals surface area contributed by atoms with E-state index in [1.807, 2.05) is 12.1 Å². The maximum absolute atomic E-state index is 12.5. The summed E-state index contributed by atoms with van der Waals surface area (Å²) >= 11 is 1.77. The summed E-state index contributed by atoms with van der Waals surface area (Å²) in [4.78, 5) is 26.8. The highest BCUT2D eigenvalue weighted by atomic mass is 32.2. The number of hydrogen-bond acceptors (Lipinski definition) is 3. The fraction of sp³-hybridized carbons (Fsp3) is 0.273. The minimum Gasteiger partial charge on any atom is -0.287 e. The van der Waals surface area contributed by atoms with Crippen LogP contribution < -0.4 is 11.2 Å². The van der Waals surface area contributed by atoms with Crippen molar-refractivity contribution in [2.45, 2.75) is 25.1 Å². The van der Waals surface area contributed by atoms with Crippen molar-refractivity contribution in [3.63, 3.8) is 0 Å². The van der Waals surface area contributed by atoms with E-state index in [2.05, 4.69) is 53.5 Å². The van der Waals surface area contributed by atoms with Crippen molar-refractivity contribution in [2.24, 2.45) is 5.41 Å². The Labute approximate surface area is 162 Å². The number of H-pyrrole nitrogens is 1. The number of aryl methyl sites for hydroxylation is 1. The Hall–Kier alpha value is -2.53. The molecule has 1 N–H and O–H groups in total. The second-order valence-corrected chi connectivity index (χ2v) is 8.40. The van der Waals surface area contributed by atoms with Gasteiger partial charge in [-0.3, -0.25) is 14.3 Å². The van der Waals surface area contributed by atoms with Gasteiger partial charge in [-0.25, -0.2) is 4.79 Å². The standard InChI is InChI=1S/C22H22N2O2S/c1-16-14-24(21(26)23-19(16)25)20-22(15-27-20,12-17-8-4-2-5-9-17)13-18-10-6-3-7-11-18/h2-11,14,20H,12-13,15H2,1H3,(H,23,25,26). The molecule has 27 heavy (non-hydrogen) atoms. The van der Waals surface area contributed by atoms with Crippen LogP contribution in [0.1, 0.15) is 22.1 Å². The van der Waals surface area contributed by atoms with E-state index in [0.29, 0.717) is 5.56 Å². The van der Waals surface area contributed by atoms with Gasteiger partial charge in [-0.1, -0.05) is 60.7 Å². The SMILES string of the molecule is Cc1cn(C2SCC2(Cc2ccccc2)Cc2ccccc2)c(=O)[nH]c1=O. The molecule has 0 aliphatic carbocycles. The number of rotatable bonds is 5. The minimum absolute atomic E-state index is 0.000891. The molecule has 1 aliphatic rings. The first kappa shape index (κ1) is 17.9. The van der Waals surface area contributed by atoms with Crippen LogP contribution in [0.15, 0.2) is 76.4 Å². The lowest BCUT2D eigenvalue weighted by Crippen LogP contribution is -2.49. The Kier molecular flexibility index (Phi) is 4.79. The number of thioether (sulfide) groups is 1. The molecule has 1 aliphatic heterocycles. The lowest BCUT2D eigenvalue weighted by molar-refractivity contribution is 0.230. The molecule has 2 heterocycles. The van der Waals surface area contributed by atoms with Gasteiger partial charge in [-0.2, -0.15) is 0 Å². The first-order chi connectivity index (χ1) is 13.1. The van der Waals surface area contributed by atoms with E-state index in [0.717, 1.165) is 18.6 Å². The lowest BCUT2D eigenvalue weighted by Gasteiger charge is -2.50. The number of aromatic nitrogens is 2. The second kappa shape index (κ2) is 7.24. The van der Waals surface area contributed by atoms with E-state index in [-0.39, 0.29) is 22.0 Å². The molecule has 4 rings (SSSR count). The van der Waals surface area contributed by atoms with Crippen molar-refractivity contribution >= 4 is 11.8 Å². The summed E-state index contributed by atoms with van der Waals surface area (Å²) < 4.78 is 1.72. The highest BCUT2D eigenvalue weighted by molar-refractivity contribution is 8.00. The molecule has 1 aromatic heterocycles. The van der Waals surface area contributed by atoms with Crippen LogP contribution >= 0.6 is 11.8 Å². The molecular formula is C22H22N2O2S. The summed E-state index contributed by atoms with van der Waals surface area (Å²) in [5.41, 5.74) is 2.41. The van der Waals surface area contributed by atoms with Crippen molar-refractivity contribution in [3.8, 4) is 0 Å². The fourth-order valence-electron chi connectivity index (χ4n) is 3.87. The van der Waals surface area contributed by atoms with Gasteiger partial charge in [0, 0.05) is 22.9 Å². The molecule has 0 bridgehead atoms. The molecule has 1 fully saturated rings. The van der Waals surface area contributed by atoms with Crippen LogP contribution in [-0.4, -0.2) is 15.3 Å². The molecule has 1 atom stereocenters. The Morgan fingerprint density at radius 2 is 1.56 bits per heavy atom. The number of aromatic amines is 1. The average Bonchev–Trinajstić information content (AvgIpc) is 2.66. The Morgan fingerprint density at radius 1 is 1.00 bits per heavy atom. The van der Waals surface area contributed by atoms with Gasteiger partial charge in [0.1, 0.15) is 0 Å². The van der Waals surface area contributed by atoms with Crippen molar-refractivity contribution in [2.75, 3.05) is 5.75 Å². The van der Waals surface area contributed by atoms with E-state index in [1.165, 1.54) is 11.1 Å². The Morgan fingerprint density at radius 3 is 2.04 bits per heavy atom. The van der Waals surface area contributed by atoms with Crippen LogP contribution in [0.3, 0.4) is 0 Å². The summed E-state index contributed by atoms with van der Waals surface area (Å²) in [7, 11) is 0. The summed E-state index contributed by atoms with van der Waals surface area (Å²) in [5.74, 6) is 0.978. The van der Waals surface area contributed by atoms with Gasteiger partial charge in [-0.05, 0) is 30.9 Å². The maximum atomic E-state index is 12.5. The van der Waals surface area contributed by atoms with Gasteiger partial charge in [0.25, 0.3) is 5.56 Å². The third kappa shape index (κ3) is 3.52. The van der Waals surface area contributed by atoms with Gasteiger partial charge in [-0.15, -0.1) is 11.8 Å². The van der Waals surface area contributed by atoms with Crippen molar-refractivity contribution in [1.82, 2.24) is 9.55 Å². The van der Waals surface area contributed by atoms with E-state index in [1.54, 1.807) is 29.4 Å². The molecule has 3 aromatic rings. The molecule has 1 unspecified atom stereocenters. The largest absolute Gasteiger partial charge is 0.329 e. The van der Waals surface area contributed by atoms with Crippen LogP contribution in [-0.2, 0) is 12.8 Å². The quantitative estimate of drug-likeness (QED) is 0.739. The first-order valence-corrected chi connectivity index (χ1v) is 10.1. The number of benzene rings is 2.